The van der Waals surface area contributed by atoms with Crippen molar-refractivity contribution in [1.29, 1.82) is 5.26 Å². The predicted molar refractivity (Wildman–Crippen MR) is 51.1 cm³/mol. The maximum atomic E-state index is 11.3. The average molecular weight is 183 g/mol. The number of rotatable bonds is 4. The minimum atomic E-state index is -0.107. The first-order valence-corrected chi connectivity index (χ1v) is 4.51. The van der Waals surface area contributed by atoms with Gasteiger partial charge in [0.1, 0.15) is 0 Å². The lowest BCUT2D eigenvalue weighted by molar-refractivity contribution is 0.195. The molecule has 0 aromatic carbocycles. The molecule has 0 radical (unpaired) electrons. The molecule has 13 heavy (non-hydrogen) atoms. The van der Waals surface area contributed by atoms with E-state index in [0.717, 1.165) is 6.42 Å². The van der Waals surface area contributed by atoms with Gasteiger partial charge in [-0.1, -0.05) is 6.92 Å². The van der Waals surface area contributed by atoms with Crippen LogP contribution in [0.4, 0.5) is 4.79 Å². The quantitative estimate of drug-likeness (QED) is 0.715. The van der Waals surface area contributed by atoms with Gasteiger partial charge in [-0.15, -0.1) is 0 Å². The first-order chi connectivity index (χ1) is 6.13. The molecule has 0 rings (SSSR count). The van der Waals surface area contributed by atoms with Gasteiger partial charge in [0, 0.05) is 19.6 Å². The van der Waals surface area contributed by atoms with Crippen molar-refractivity contribution in [1.82, 2.24) is 10.2 Å². The molecular formula is C9H17N3O. The smallest absolute Gasteiger partial charge is 0.317 e. The normalized spacial score (nSPS) is 11.5. The van der Waals surface area contributed by atoms with Crippen LogP contribution in [-0.2, 0) is 0 Å². The fourth-order valence-corrected chi connectivity index (χ4v) is 0.826. The average Bonchev–Trinajstić information content (AvgIpc) is 2.13. The summed E-state index contributed by atoms with van der Waals surface area (Å²) in [5.41, 5.74) is 0. The van der Waals surface area contributed by atoms with Crippen molar-refractivity contribution in [3.05, 3.63) is 0 Å². The summed E-state index contributed by atoms with van der Waals surface area (Å²) in [7, 11) is 1.70. The van der Waals surface area contributed by atoms with Gasteiger partial charge in [-0.3, -0.25) is 0 Å². The zero-order chi connectivity index (χ0) is 10.3. The van der Waals surface area contributed by atoms with Crippen LogP contribution in [0.1, 0.15) is 26.7 Å². The summed E-state index contributed by atoms with van der Waals surface area (Å²) in [6.07, 6.45) is 1.29. The summed E-state index contributed by atoms with van der Waals surface area (Å²) < 4.78 is 0. The molecule has 0 aliphatic heterocycles. The second-order valence-corrected chi connectivity index (χ2v) is 3.05. The monoisotopic (exact) mass is 183 g/mol. The number of nitrogens with zero attached hydrogens (tertiary/aromatic N) is 2. The highest BCUT2D eigenvalue weighted by molar-refractivity contribution is 5.74. The van der Waals surface area contributed by atoms with E-state index in [9.17, 15) is 4.79 Å². The molecule has 0 saturated heterocycles. The van der Waals surface area contributed by atoms with Gasteiger partial charge in [-0.2, -0.15) is 5.26 Å². The van der Waals surface area contributed by atoms with E-state index < -0.39 is 0 Å². The van der Waals surface area contributed by atoms with Gasteiger partial charge in [-0.05, 0) is 13.3 Å². The molecule has 0 aromatic heterocycles. The molecule has 0 heterocycles. The molecule has 0 fully saturated rings. The maximum absolute atomic E-state index is 11.3. The van der Waals surface area contributed by atoms with Crippen molar-refractivity contribution >= 4 is 6.03 Å². The number of carbonyl (C=O) groups excluding carboxylic acids is 1. The summed E-state index contributed by atoms with van der Waals surface area (Å²) in [6.45, 7) is 4.54. The molecule has 1 atom stereocenters. The maximum Gasteiger partial charge on any atom is 0.317 e. The zero-order valence-electron chi connectivity index (χ0n) is 8.50. The fourth-order valence-electron chi connectivity index (χ4n) is 0.826. The minimum absolute atomic E-state index is 0.0261. The molecule has 4 nitrogen and oxygen atoms in total. The summed E-state index contributed by atoms with van der Waals surface area (Å²) >= 11 is 0. The third kappa shape index (κ3) is 4.36. The van der Waals surface area contributed by atoms with E-state index in [-0.39, 0.29) is 12.1 Å². The van der Waals surface area contributed by atoms with Crippen LogP contribution in [-0.4, -0.2) is 30.6 Å². The molecule has 0 aliphatic rings. The molecular weight excluding hydrogens is 166 g/mol. The fraction of sp³-hybridized carbons (Fsp3) is 0.778. The topological polar surface area (TPSA) is 56.1 Å². The van der Waals surface area contributed by atoms with Gasteiger partial charge in [-0.25, -0.2) is 4.79 Å². The van der Waals surface area contributed by atoms with Crippen LogP contribution >= 0.6 is 0 Å². The van der Waals surface area contributed by atoms with Gasteiger partial charge in [0.15, 0.2) is 0 Å². The van der Waals surface area contributed by atoms with Crippen molar-refractivity contribution in [3.63, 3.8) is 0 Å². The molecule has 0 aliphatic carbocycles. The number of hydrogen-bond acceptors (Lipinski definition) is 2. The third-order valence-corrected chi connectivity index (χ3v) is 1.89. The number of amides is 2. The largest absolute Gasteiger partial charge is 0.338 e. The Labute approximate surface area is 79.5 Å². The molecule has 0 bridgehead atoms. The van der Waals surface area contributed by atoms with Gasteiger partial charge in [0.25, 0.3) is 0 Å². The molecule has 1 N–H and O–H groups in total. The Balaban J connectivity index is 3.88. The number of carbonyl (C=O) groups is 1. The second kappa shape index (κ2) is 6.30. The molecule has 2 amide bonds. The number of hydrogen-bond donors (Lipinski definition) is 1. The highest BCUT2D eigenvalue weighted by Gasteiger charge is 2.13. The van der Waals surface area contributed by atoms with Gasteiger partial charge in [0.2, 0.25) is 0 Å². The van der Waals surface area contributed by atoms with E-state index in [1.807, 2.05) is 19.9 Å². The predicted octanol–water partition coefficient (Wildman–Crippen LogP) is 1.34. The van der Waals surface area contributed by atoms with E-state index in [2.05, 4.69) is 5.32 Å². The lowest BCUT2D eigenvalue weighted by atomic mass is 10.2. The second-order valence-electron chi connectivity index (χ2n) is 3.05. The van der Waals surface area contributed by atoms with E-state index in [1.165, 1.54) is 0 Å². The summed E-state index contributed by atoms with van der Waals surface area (Å²) in [5, 5.41) is 11.2. The van der Waals surface area contributed by atoms with Crippen molar-refractivity contribution in [2.75, 3.05) is 13.6 Å². The van der Waals surface area contributed by atoms with Gasteiger partial charge in [0.05, 0.1) is 12.5 Å². The van der Waals surface area contributed by atoms with Crippen LogP contribution in [0, 0.1) is 11.3 Å². The van der Waals surface area contributed by atoms with E-state index in [4.69, 9.17) is 5.26 Å². The standard InChI is InChI=1S/C9H17N3O/c1-4-7-11-9(13)12(3)8(2)5-6-10/h8H,4-5,7H2,1-3H3,(H,11,13). The Morgan fingerprint density at radius 3 is 2.77 bits per heavy atom. The highest BCUT2D eigenvalue weighted by atomic mass is 16.2. The minimum Gasteiger partial charge on any atom is -0.338 e. The van der Waals surface area contributed by atoms with Crippen molar-refractivity contribution < 1.29 is 4.79 Å². The lowest BCUT2D eigenvalue weighted by Crippen LogP contribution is -2.42. The molecule has 4 heteroatoms. The Bertz CT molecular complexity index is 198. The highest BCUT2D eigenvalue weighted by Crippen LogP contribution is 1.99. The summed E-state index contributed by atoms with van der Waals surface area (Å²) in [6, 6.07) is 1.90. The van der Waals surface area contributed by atoms with Crippen LogP contribution in [0.25, 0.3) is 0 Å². The van der Waals surface area contributed by atoms with Crippen molar-refractivity contribution in [2.45, 2.75) is 32.7 Å². The number of nitriles is 1. The third-order valence-electron chi connectivity index (χ3n) is 1.89. The Morgan fingerprint density at radius 2 is 2.31 bits per heavy atom. The molecule has 74 valence electrons. The van der Waals surface area contributed by atoms with Crippen LogP contribution in [0.2, 0.25) is 0 Å². The Kier molecular flexibility index (Phi) is 5.69. The zero-order valence-corrected chi connectivity index (χ0v) is 8.50. The summed E-state index contributed by atoms with van der Waals surface area (Å²) in [4.78, 5) is 12.9. The first kappa shape index (κ1) is 11.8. The Morgan fingerprint density at radius 1 is 1.69 bits per heavy atom. The van der Waals surface area contributed by atoms with Crippen LogP contribution in [0.15, 0.2) is 0 Å². The summed E-state index contributed by atoms with van der Waals surface area (Å²) in [5.74, 6) is 0. The number of nitrogens with one attached hydrogen (secondary N) is 1. The Hall–Kier alpha value is -1.24. The van der Waals surface area contributed by atoms with Crippen LogP contribution in [0.3, 0.4) is 0 Å². The van der Waals surface area contributed by atoms with Crippen molar-refractivity contribution in [2.24, 2.45) is 0 Å². The SMILES string of the molecule is CCCNC(=O)N(C)C(C)CC#N. The van der Waals surface area contributed by atoms with E-state index in [1.54, 1.807) is 11.9 Å². The lowest BCUT2D eigenvalue weighted by Gasteiger charge is -2.22. The molecule has 0 spiro atoms. The van der Waals surface area contributed by atoms with E-state index in [0.29, 0.717) is 13.0 Å². The van der Waals surface area contributed by atoms with Crippen LogP contribution < -0.4 is 5.32 Å². The van der Waals surface area contributed by atoms with Crippen molar-refractivity contribution in [3.8, 4) is 6.07 Å². The van der Waals surface area contributed by atoms with Gasteiger partial charge < -0.3 is 10.2 Å². The van der Waals surface area contributed by atoms with Crippen LogP contribution in [0.5, 0.6) is 0 Å². The number of urea groups is 1. The molecule has 1 unspecified atom stereocenters. The first-order valence-electron chi connectivity index (χ1n) is 4.51. The van der Waals surface area contributed by atoms with Gasteiger partial charge >= 0.3 is 6.03 Å². The van der Waals surface area contributed by atoms with E-state index >= 15 is 0 Å². The molecule has 0 aromatic rings. The molecule has 0 saturated carbocycles.